The SMILES string of the molecule is CC1(C)SC(=S)N(/N=C\c2ccccc2O)[C@@H]1N(O)C(=O)NC1CCCCC1. The van der Waals surface area contributed by atoms with Gasteiger partial charge in [0.1, 0.15) is 5.75 Å². The van der Waals surface area contributed by atoms with Crippen molar-refractivity contribution in [3.63, 3.8) is 0 Å². The molecule has 2 fully saturated rings. The van der Waals surface area contributed by atoms with Gasteiger partial charge in [0, 0.05) is 11.6 Å². The Morgan fingerprint density at radius 3 is 2.71 bits per heavy atom. The number of carbonyl (C=O) groups excluding carboxylic acids is 1. The Kier molecular flexibility index (Phi) is 6.47. The molecular weight excluding hydrogens is 396 g/mol. The number of nitrogens with zero attached hydrogens (tertiary/aromatic N) is 3. The van der Waals surface area contributed by atoms with Crippen LogP contribution >= 0.6 is 24.0 Å². The second-order valence-corrected chi connectivity index (χ2v) is 9.91. The van der Waals surface area contributed by atoms with Gasteiger partial charge < -0.3 is 10.4 Å². The van der Waals surface area contributed by atoms with E-state index in [2.05, 4.69) is 10.4 Å². The Morgan fingerprint density at radius 2 is 2.04 bits per heavy atom. The fourth-order valence-corrected chi connectivity index (χ4v) is 5.33. The molecule has 28 heavy (non-hydrogen) atoms. The van der Waals surface area contributed by atoms with Crippen molar-refractivity contribution in [3.8, 4) is 5.75 Å². The van der Waals surface area contributed by atoms with Crippen LogP contribution in [0.4, 0.5) is 4.79 Å². The Labute approximate surface area is 174 Å². The topological polar surface area (TPSA) is 88.4 Å². The molecule has 3 N–H and O–H groups in total. The Morgan fingerprint density at radius 1 is 1.36 bits per heavy atom. The van der Waals surface area contributed by atoms with Crippen LogP contribution in [-0.4, -0.2) is 53.9 Å². The molecule has 1 saturated heterocycles. The van der Waals surface area contributed by atoms with Gasteiger partial charge in [-0.1, -0.05) is 55.4 Å². The zero-order chi connectivity index (χ0) is 20.3. The van der Waals surface area contributed by atoms with E-state index in [1.807, 2.05) is 13.8 Å². The molecule has 0 unspecified atom stereocenters. The van der Waals surface area contributed by atoms with Gasteiger partial charge in [-0.2, -0.15) is 10.2 Å². The summed E-state index contributed by atoms with van der Waals surface area (Å²) in [5.41, 5.74) is 0.523. The summed E-state index contributed by atoms with van der Waals surface area (Å²) in [7, 11) is 0. The third-order valence-electron chi connectivity index (χ3n) is 5.02. The van der Waals surface area contributed by atoms with Crippen LogP contribution in [0.15, 0.2) is 29.4 Å². The standard InChI is InChI=1S/C19H26N4O3S2/c1-19(2)16(23(26)17(25)21-14-9-4-3-5-10-14)22(18(27)28-19)20-12-13-8-6-7-11-15(13)24/h6-8,11-12,14,16,24,26H,3-5,9-10H2,1-2H3,(H,21,25)/b20-12-/t16-/m1/s1. The lowest BCUT2D eigenvalue weighted by atomic mass is 9.96. The molecule has 2 amide bonds. The molecule has 0 radical (unpaired) electrons. The smallest absolute Gasteiger partial charge is 0.343 e. The summed E-state index contributed by atoms with van der Waals surface area (Å²) in [6.45, 7) is 3.81. The first-order valence-corrected chi connectivity index (χ1v) is 10.6. The minimum atomic E-state index is -0.768. The van der Waals surface area contributed by atoms with Gasteiger partial charge in [-0.15, -0.1) is 0 Å². The van der Waals surface area contributed by atoms with Gasteiger partial charge >= 0.3 is 6.03 Å². The monoisotopic (exact) mass is 422 g/mol. The quantitative estimate of drug-likeness (QED) is 0.295. The molecule has 1 aromatic carbocycles. The van der Waals surface area contributed by atoms with E-state index in [0.717, 1.165) is 25.7 Å². The van der Waals surface area contributed by atoms with Crippen LogP contribution in [0.5, 0.6) is 5.75 Å². The fraction of sp³-hybridized carbons (Fsp3) is 0.526. The number of phenols is 1. The van der Waals surface area contributed by atoms with Crippen molar-refractivity contribution in [3.05, 3.63) is 29.8 Å². The highest BCUT2D eigenvalue weighted by Crippen LogP contribution is 2.42. The molecule has 7 nitrogen and oxygen atoms in total. The first kappa shape index (κ1) is 20.9. The van der Waals surface area contributed by atoms with Gasteiger partial charge in [0.2, 0.25) is 0 Å². The summed E-state index contributed by atoms with van der Waals surface area (Å²) in [4.78, 5) is 12.7. The van der Waals surface area contributed by atoms with Gasteiger partial charge in [-0.3, -0.25) is 5.21 Å². The van der Waals surface area contributed by atoms with Gasteiger partial charge in [0.05, 0.1) is 11.0 Å². The number of hydrogen-bond acceptors (Lipinski definition) is 6. The van der Waals surface area contributed by atoms with Crippen LogP contribution in [-0.2, 0) is 0 Å². The normalized spacial score (nSPS) is 22.6. The maximum absolute atomic E-state index is 12.7. The maximum atomic E-state index is 12.7. The fourth-order valence-electron chi connectivity index (χ4n) is 3.55. The number of aromatic hydroxyl groups is 1. The number of carbonyl (C=O) groups is 1. The molecule has 2 aliphatic rings. The molecule has 9 heteroatoms. The highest BCUT2D eigenvalue weighted by molar-refractivity contribution is 8.24. The predicted octanol–water partition coefficient (Wildman–Crippen LogP) is 3.90. The van der Waals surface area contributed by atoms with Gasteiger partial charge in [0.15, 0.2) is 10.5 Å². The first-order chi connectivity index (χ1) is 13.3. The van der Waals surface area contributed by atoms with E-state index < -0.39 is 16.9 Å². The van der Waals surface area contributed by atoms with Crippen LogP contribution in [0.1, 0.15) is 51.5 Å². The molecule has 1 atom stereocenters. The van der Waals surface area contributed by atoms with Crippen LogP contribution in [0.3, 0.4) is 0 Å². The van der Waals surface area contributed by atoms with Gasteiger partial charge in [0.25, 0.3) is 0 Å². The molecule has 0 bridgehead atoms. The highest BCUT2D eigenvalue weighted by atomic mass is 32.2. The van der Waals surface area contributed by atoms with Gasteiger partial charge in [-0.25, -0.2) is 9.80 Å². The van der Waals surface area contributed by atoms with Crippen LogP contribution in [0.2, 0.25) is 0 Å². The molecule has 1 aromatic rings. The number of hydroxylamine groups is 2. The average Bonchev–Trinajstić information content (AvgIpc) is 2.89. The number of thiocarbonyl (C=S) groups is 1. The lowest BCUT2D eigenvalue weighted by Gasteiger charge is -2.35. The molecule has 0 spiro atoms. The largest absolute Gasteiger partial charge is 0.507 e. The third-order valence-corrected chi connectivity index (χ3v) is 6.56. The van der Waals surface area contributed by atoms with E-state index in [9.17, 15) is 15.1 Å². The minimum Gasteiger partial charge on any atom is -0.507 e. The van der Waals surface area contributed by atoms with Crippen molar-refractivity contribution in [2.24, 2.45) is 5.10 Å². The summed E-state index contributed by atoms with van der Waals surface area (Å²) < 4.78 is -0.114. The summed E-state index contributed by atoms with van der Waals surface area (Å²) in [6, 6.07) is 6.33. The first-order valence-electron chi connectivity index (χ1n) is 9.42. The van der Waals surface area contributed by atoms with E-state index in [1.54, 1.807) is 24.3 Å². The van der Waals surface area contributed by atoms with Crippen LogP contribution in [0, 0.1) is 0 Å². The second-order valence-electron chi connectivity index (χ2n) is 7.62. The molecule has 1 heterocycles. The molecule has 152 valence electrons. The highest BCUT2D eigenvalue weighted by Gasteiger charge is 2.50. The number of urea groups is 1. The lowest BCUT2D eigenvalue weighted by Crippen LogP contribution is -2.57. The number of nitrogens with one attached hydrogen (secondary N) is 1. The zero-order valence-corrected chi connectivity index (χ0v) is 17.7. The zero-order valence-electron chi connectivity index (χ0n) is 16.0. The molecular formula is C19H26N4O3S2. The van der Waals surface area contributed by atoms with Crippen molar-refractivity contribution in [2.75, 3.05) is 0 Å². The van der Waals surface area contributed by atoms with Crippen molar-refractivity contribution < 1.29 is 15.1 Å². The molecule has 1 aliphatic heterocycles. The van der Waals surface area contributed by atoms with E-state index in [-0.39, 0.29) is 11.8 Å². The number of hydrazone groups is 1. The lowest BCUT2D eigenvalue weighted by molar-refractivity contribution is -0.119. The number of hydrogen-bond donors (Lipinski definition) is 3. The average molecular weight is 423 g/mol. The number of para-hydroxylation sites is 1. The van der Waals surface area contributed by atoms with E-state index in [0.29, 0.717) is 14.9 Å². The summed E-state index contributed by atoms with van der Waals surface area (Å²) in [6.07, 6.45) is 5.92. The van der Waals surface area contributed by atoms with E-state index >= 15 is 0 Å². The maximum Gasteiger partial charge on any atom is 0.343 e. The minimum absolute atomic E-state index is 0.0817. The van der Waals surface area contributed by atoms with Crippen molar-refractivity contribution in [2.45, 2.75) is 62.9 Å². The number of benzene rings is 1. The number of phenolic OH excluding ortho intramolecular Hbond substituents is 1. The summed E-state index contributed by atoms with van der Waals surface area (Å²) >= 11 is 6.79. The molecule has 0 aromatic heterocycles. The van der Waals surface area contributed by atoms with Crippen LogP contribution in [0.25, 0.3) is 0 Å². The summed E-state index contributed by atoms with van der Waals surface area (Å²) in [5, 5.41) is 30.1. The van der Waals surface area contributed by atoms with Crippen molar-refractivity contribution in [1.29, 1.82) is 0 Å². The van der Waals surface area contributed by atoms with Crippen molar-refractivity contribution in [1.82, 2.24) is 15.4 Å². The Bertz CT molecular complexity index is 765. The molecule has 3 rings (SSSR count). The van der Waals surface area contributed by atoms with Crippen molar-refractivity contribution >= 4 is 40.5 Å². The molecule has 1 saturated carbocycles. The third kappa shape index (κ3) is 4.59. The number of amides is 2. The van der Waals surface area contributed by atoms with E-state index in [1.165, 1.54) is 29.4 Å². The Hall–Kier alpha value is -1.84. The predicted molar refractivity (Wildman–Crippen MR) is 115 cm³/mol. The van der Waals surface area contributed by atoms with Crippen LogP contribution < -0.4 is 5.32 Å². The van der Waals surface area contributed by atoms with E-state index in [4.69, 9.17) is 12.2 Å². The van der Waals surface area contributed by atoms with Gasteiger partial charge in [-0.05, 0) is 38.8 Å². The Balaban J connectivity index is 1.77. The number of rotatable bonds is 4. The molecule has 1 aliphatic carbocycles. The second kappa shape index (κ2) is 8.67. The summed E-state index contributed by atoms with van der Waals surface area (Å²) in [5.74, 6) is 0.0933. The number of thioether (sulfide) groups is 1.